The lowest BCUT2D eigenvalue weighted by atomic mass is 10.3. The summed E-state index contributed by atoms with van der Waals surface area (Å²) in [5.74, 6) is -0.592. The summed E-state index contributed by atoms with van der Waals surface area (Å²) in [6.07, 6.45) is 0. The quantitative estimate of drug-likeness (QED) is 0.675. The maximum absolute atomic E-state index is 12.9. The molecule has 1 N–H and O–H groups in total. The van der Waals surface area contributed by atoms with E-state index in [2.05, 4.69) is 14.6 Å². The average molecular weight is 391 g/mol. The number of carbonyl (C=O) groups is 1. The first kappa shape index (κ1) is 18.2. The van der Waals surface area contributed by atoms with Gasteiger partial charge < -0.3 is 4.74 Å². The van der Waals surface area contributed by atoms with Gasteiger partial charge in [-0.2, -0.15) is 5.10 Å². The molecule has 0 bridgehead atoms. The van der Waals surface area contributed by atoms with Gasteiger partial charge >= 0.3 is 5.97 Å². The second-order valence-corrected chi connectivity index (χ2v) is 8.04. The number of hydrogen-bond donors (Lipinski definition) is 1. The summed E-state index contributed by atoms with van der Waals surface area (Å²) in [6, 6.07) is 10.8. The standard InChI is InChI=1S/C17H17N3O4S2/c1-11-16(12(2)20(18-11)13-7-5-4-6-8-13)26(22,23)19-14-9-10-25-15(14)17(21)24-3/h4-10,19H,1-3H3. The average Bonchev–Trinajstić information content (AvgIpc) is 3.18. The van der Waals surface area contributed by atoms with Crippen molar-refractivity contribution in [2.45, 2.75) is 18.7 Å². The number of thiophene rings is 1. The van der Waals surface area contributed by atoms with Crippen molar-refractivity contribution in [1.82, 2.24) is 9.78 Å². The second-order valence-electron chi connectivity index (χ2n) is 5.51. The molecule has 0 radical (unpaired) electrons. The summed E-state index contributed by atoms with van der Waals surface area (Å²) < 4.78 is 34.6. The number of aryl methyl sites for hydroxylation is 1. The second kappa shape index (κ2) is 6.93. The van der Waals surface area contributed by atoms with E-state index < -0.39 is 16.0 Å². The molecule has 26 heavy (non-hydrogen) atoms. The number of nitrogens with one attached hydrogen (secondary N) is 1. The lowest BCUT2D eigenvalue weighted by Gasteiger charge is -2.09. The number of benzene rings is 1. The molecular formula is C17H17N3O4S2. The van der Waals surface area contributed by atoms with Crippen LogP contribution in [-0.4, -0.2) is 31.3 Å². The molecule has 0 atom stereocenters. The molecule has 0 aliphatic rings. The van der Waals surface area contributed by atoms with E-state index in [9.17, 15) is 13.2 Å². The maximum atomic E-state index is 12.9. The van der Waals surface area contributed by atoms with Gasteiger partial charge in [-0.1, -0.05) is 18.2 Å². The zero-order valence-electron chi connectivity index (χ0n) is 14.4. The molecular weight excluding hydrogens is 374 g/mol. The lowest BCUT2D eigenvalue weighted by molar-refractivity contribution is 0.0607. The van der Waals surface area contributed by atoms with Crippen molar-refractivity contribution >= 4 is 33.0 Å². The number of ether oxygens (including phenoxy) is 1. The first-order chi connectivity index (χ1) is 12.3. The van der Waals surface area contributed by atoms with E-state index in [4.69, 9.17) is 0 Å². The molecule has 3 rings (SSSR count). The van der Waals surface area contributed by atoms with E-state index in [1.165, 1.54) is 13.2 Å². The van der Waals surface area contributed by atoms with E-state index in [1.54, 1.807) is 23.9 Å². The van der Waals surface area contributed by atoms with Crippen LogP contribution in [0.2, 0.25) is 0 Å². The zero-order valence-corrected chi connectivity index (χ0v) is 16.0. The van der Waals surface area contributed by atoms with Crippen LogP contribution in [0.4, 0.5) is 5.69 Å². The van der Waals surface area contributed by atoms with Gasteiger partial charge in [0.2, 0.25) is 0 Å². The highest BCUT2D eigenvalue weighted by molar-refractivity contribution is 7.92. The number of carbonyl (C=O) groups excluding carboxylic acids is 1. The van der Waals surface area contributed by atoms with Gasteiger partial charge in [0.05, 0.1) is 29.9 Å². The molecule has 0 unspecified atom stereocenters. The summed E-state index contributed by atoms with van der Waals surface area (Å²) in [6.45, 7) is 3.33. The third-order valence-electron chi connectivity index (χ3n) is 3.77. The van der Waals surface area contributed by atoms with Crippen molar-refractivity contribution in [1.29, 1.82) is 0 Å². The van der Waals surface area contributed by atoms with E-state index in [-0.39, 0.29) is 15.5 Å². The van der Waals surface area contributed by atoms with Gasteiger partial charge in [0.25, 0.3) is 10.0 Å². The molecule has 2 heterocycles. The van der Waals surface area contributed by atoms with Crippen molar-refractivity contribution in [3.05, 3.63) is 58.0 Å². The summed E-state index contributed by atoms with van der Waals surface area (Å²) in [4.78, 5) is 12.1. The van der Waals surface area contributed by atoms with Crippen LogP contribution in [0, 0.1) is 13.8 Å². The van der Waals surface area contributed by atoms with Gasteiger partial charge in [-0.25, -0.2) is 17.9 Å². The highest BCUT2D eigenvalue weighted by Crippen LogP contribution is 2.29. The zero-order chi connectivity index (χ0) is 18.9. The van der Waals surface area contributed by atoms with Crippen LogP contribution in [0.1, 0.15) is 21.1 Å². The number of hydrogen-bond acceptors (Lipinski definition) is 6. The number of para-hydroxylation sites is 1. The van der Waals surface area contributed by atoms with Gasteiger partial charge in [0.1, 0.15) is 9.77 Å². The van der Waals surface area contributed by atoms with Gasteiger partial charge in [-0.3, -0.25) is 4.72 Å². The molecule has 0 spiro atoms. The summed E-state index contributed by atoms with van der Waals surface area (Å²) in [5, 5.41) is 5.98. The number of esters is 1. The number of nitrogens with zero attached hydrogens (tertiary/aromatic N) is 2. The summed E-state index contributed by atoms with van der Waals surface area (Å²) in [5.41, 5.74) is 1.80. The molecule has 0 saturated carbocycles. The SMILES string of the molecule is COC(=O)c1sccc1NS(=O)(=O)c1c(C)nn(-c2ccccc2)c1C. The molecule has 0 aliphatic carbocycles. The Bertz CT molecular complexity index is 1050. The molecule has 0 saturated heterocycles. The van der Waals surface area contributed by atoms with Crippen molar-refractivity contribution in [3.63, 3.8) is 0 Å². The Hall–Kier alpha value is -2.65. The number of methoxy groups -OCH3 is 1. The third-order valence-corrected chi connectivity index (χ3v) is 6.29. The van der Waals surface area contributed by atoms with Crippen LogP contribution in [0.15, 0.2) is 46.7 Å². The predicted octanol–water partition coefficient (Wildman–Crippen LogP) is 3.14. The van der Waals surface area contributed by atoms with Crippen LogP contribution in [0.3, 0.4) is 0 Å². The number of sulfonamides is 1. The minimum atomic E-state index is -3.93. The fourth-order valence-electron chi connectivity index (χ4n) is 2.67. The molecule has 2 aromatic heterocycles. The first-order valence-corrected chi connectivity index (χ1v) is 10.0. The minimum Gasteiger partial charge on any atom is -0.465 e. The van der Waals surface area contributed by atoms with Crippen molar-refractivity contribution in [3.8, 4) is 5.69 Å². The van der Waals surface area contributed by atoms with Gasteiger partial charge in [0.15, 0.2) is 0 Å². The molecule has 136 valence electrons. The Labute approximate surface area is 155 Å². The number of rotatable bonds is 5. The Kier molecular flexibility index (Phi) is 4.84. The first-order valence-electron chi connectivity index (χ1n) is 7.65. The highest BCUT2D eigenvalue weighted by Gasteiger charge is 2.27. The number of aromatic nitrogens is 2. The van der Waals surface area contributed by atoms with E-state index in [0.29, 0.717) is 11.4 Å². The molecule has 3 aromatic rings. The van der Waals surface area contributed by atoms with E-state index >= 15 is 0 Å². The molecule has 0 amide bonds. The minimum absolute atomic E-state index is 0.0865. The molecule has 7 nitrogen and oxygen atoms in total. The Morgan fingerprint density at radius 1 is 1.19 bits per heavy atom. The fraction of sp³-hybridized carbons (Fsp3) is 0.176. The fourth-order valence-corrected chi connectivity index (χ4v) is 4.97. The Balaban J connectivity index is 2.03. The smallest absolute Gasteiger partial charge is 0.350 e. The normalized spacial score (nSPS) is 11.3. The van der Waals surface area contributed by atoms with Crippen LogP contribution >= 0.6 is 11.3 Å². The van der Waals surface area contributed by atoms with Crippen molar-refractivity contribution in [2.75, 3.05) is 11.8 Å². The van der Waals surface area contributed by atoms with Crippen LogP contribution in [-0.2, 0) is 14.8 Å². The third kappa shape index (κ3) is 3.23. The van der Waals surface area contributed by atoms with Crippen LogP contribution < -0.4 is 4.72 Å². The lowest BCUT2D eigenvalue weighted by Crippen LogP contribution is -2.16. The highest BCUT2D eigenvalue weighted by atomic mass is 32.2. The number of anilines is 1. The molecule has 1 aromatic carbocycles. The molecule has 9 heteroatoms. The van der Waals surface area contributed by atoms with Crippen LogP contribution in [0.25, 0.3) is 5.69 Å². The molecule has 0 aliphatic heterocycles. The largest absolute Gasteiger partial charge is 0.465 e. The summed E-state index contributed by atoms with van der Waals surface area (Å²) >= 11 is 1.11. The maximum Gasteiger partial charge on any atom is 0.350 e. The van der Waals surface area contributed by atoms with Gasteiger partial charge in [-0.15, -0.1) is 11.3 Å². The monoisotopic (exact) mass is 391 g/mol. The predicted molar refractivity (Wildman–Crippen MR) is 99.5 cm³/mol. The summed E-state index contributed by atoms with van der Waals surface area (Å²) in [7, 11) is -2.68. The van der Waals surface area contributed by atoms with Crippen molar-refractivity contribution in [2.24, 2.45) is 0 Å². The Morgan fingerprint density at radius 2 is 1.88 bits per heavy atom. The van der Waals surface area contributed by atoms with Gasteiger partial charge in [0, 0.05) is 0 Å². The van der Waals surface area contributed by atoms with E-state index in [1.807, 2.05) is 30.3 Å². The topological polar surface area (TPSA) is 90.3 Å². The molecule has 0 fully saturated rings. The van der Waals surface area contributed by atoms with E-state index in [0.717, 1.165) is 17.0 Å². The van der Waals surface area contributed by atoms with Crippen LogP contribution in [0.5, 0.6) is 0 Å². The van der Waals surface area contributed by atoms with Gasteiger partial charge in [-0.05, 0) is 37.4 Å². The Morgan fingerprint density at radius 3 is 2.54 bits per heavy atom. The van der Waals surface area contributed by atoms with Crippen molar-refractivity contribution < 1.29 is 17.9 Å².